The summed E-state index contributed by atoms with van der Waals surface area (Å²) in [5.41, 5.74) is -6.85. The van der Waals surface area contributed by atoms with E-state index in [-0.39, 0.29) is 18.4 Å². The highest BCUT2D eigenvalue weighted by Gasteiger charge is 2.86. The van der Waals surface area contributed by atoms with Gasteiger partial charge in [-0.1, -0.05) is 45.9 Å². The van der Waals surface area contributed by atoms with Crippen molar-refractivity contribution >= 4 is 29.8 Å². The minimum Gasteiger partial charge on any atom is -0.465 e. The number of carbonyl (C=O) groups excluding carboxylic acids is 5. The second kappa shape index (κ2) is 13.8. The van der Waals surface area contributed by atoms with Crippen molar-refractivity contribution < 1.29 is 57.5 Å². The normalized spacial score (nSPS) is 34.5. The predicted molar refractivity (Wildman–Crippen MR) is 170 cm³/mol. The van der Waals surface area contributed by atoms with Crippen molar-refractivity contribution in [1.29, 1.82) is 0 Å². The summed E-state index contributed by atoms with van der Waals surface area (Å²) in [6, 6.07) is 8.24. The predicted octanol–water partition coefficient (Wildman–Crippen LogP) is 4.33. The number of ether oxygens (including phenoxy) is 6. The fraction of sp³-hybridized carbons (Fsp3) is 0.694. The second-order valence-electron chi connectivity index (χ2n) is 14.3. The molecule has 266 valence electrons. The maximum atomic E-state index is 13.8. The third-order valence-electron chi connectivity index (χ3n) is 10.7. The number of esters is 5. The van der Waals surface area contributed by atoms with Gasteiger partial charge < -0.3 is 33.5 Å². The van der Waals surface area contributed by atoms with Gasteiger partial charge in [0.05, 0.1) is 28.6 Å². The average molecular weight is 675 g/mol. The molecule has 1 aliphatic heterocycles. The number of aliphatic hydroxyl groups is 1. The Morgan fingerprint density at radius 1 is 0.854 bits per heavy atom. The molecule has 1 aromatic rings. The zero-order valence-electron chi connectivity index (χ0n) is 29.4. The van der Waals surface area contributed by atoms with Crippen LogP contribution in [0.2, 0.25) is 0 Å². The summed E-state index contributed by atoms with van der Waals surface area (Å²) in [4.78, 5) is 66.4. The minimum absolute atomic E-state index is 0.00791. The van der Waals surface area contributed by atoms with Crippen LogP contribution in [0.15, 0.2) is 30.3 Å². The average Bonchev–Trinajstić information content (AvgIpc) is 3.19. The highest BCUT2D eigenvalue weighted by Crippen LogP contribution is 2.69. The lowest BCUT2D eigenvalue weighted by Crippen LogP contribution is -2.83. The Morgan fingerprint density at radius 3 is 1.98 bits per heavy atom. The maximum absolute atomic E-state index is 13.8. The van der Waals surface area contributed by atoms with Crippen LogP contribution >= 0.6 is 0 Å². The molecule has 1 heterocycles. The molecule has 0 amide bonds. The van der Waals surface area contributed by atoms with Crippen molar-refractivity contribution in [2.75, 3.05) is 6.61 Å². The monoisotopic (exact) mass is 674 g/mol. The summed E-state index contributed by atoms with van der Waals surface area (Å²) < 4.78 is 37.4. The molecule has 2 saturated carbocycles. The van der Waals surface area contributed by atoms with Gasteiger partial charge >= 0.3 is 29.8 Å². The van der Waals surface area contributed by atoms with Gasteiger partial charge in [0.15, 0.2) is 11.7 Å². The molecule has 4 rings (SSSR count). The largest absolute Gasteiger partial charge is 0.465 e. The lowest BCUT2D eigenvalue weighted by molar-refractivity contribution is -0.356. The van der Waals surface area contributed by atoms with Crippen molar-refractivity contribution in [2.24, 2.45) is 23.2 Å². The van der Waals surface area contributed by atoms with Crippen molar-refractivity contribution in [3.63, 3.8) is 0 Å². The Labute approximate surface area is 282 Å². The summed E-state index contributed by atoms with van der Waals surface area (Å²) in [5.74, 6) is -5.16. The molecule has 10 atom stereocenters. The minimum atomic E-state index is -2.01. The zero-order valence-corrected chi connectivity index (χ0v) is 29.4. The molecule has 0 aromatic heterocycles. The number of fused-ring (bicyclic) bond motifs is 1. The van der Waals surface area contributed by atoms with E-state index in [1.165, 1.54) is 20.8 Å². The van der Waals surface area contributed by atoms with Gasteiger partial charge in [0.1, 0.15) is 30.3 Å². The van der Waals surface area contributed by atoms with E-state index in [1.54, 1.807) is 58.0 Å². The van der Waals surface area contributed by atoms with E-state index in [1.807, 2.05) is 13.8 Å². The molecule has 2 bridgehead atoms. The maximum Gasteiger partial charge on any atom is 0.338 e. The standard InChI is InChI=1S/C36H50O12/c1-10-20(3)30(39)45-26-18-34(9,42)36-28(44-23(6)38)25(33(7,8)48-36)17-27(46-32(41)24-15-13-12-14-16-24)35(36,19-43-22(5)37)29(26)47-31(40)21(4)11-2/h12-16,20-21,25-29,42H,10-11,17-19H2,1-9H3/t20-,21+,25-,26-,27+,28-,29+,34+,35-,36+/m1/s1. The lowest BCUT2D eigenvalue weighted by Gasteiger charge is -2.65. The zero-order chi connectivity index (χ0) is 35.8. The lowest BCUT2D eigenvalue weighted by atomic mass is 9.46. The van der Waals surface area contributed by atoms with Crippen LogP contribution in [0, 0.1) is 23.2 Å². The van der Waals surface area contributed by atoms with Crippen LogP contribution < -0.4 is 0 Å². The highest BCUT2D eigenvalue weighted by molar-refractivity contribution is 5.89. The summed E-state index contributed by atoms with van der Waals surface area (Å²) in [7, 11) is 0. The Morgan fingerprint density at radius 2 is 1.44 bits per heavy atom. The van der Waals surface area contributed by atoms with Crippen molar-refractivity contribution in [3.8, 4) is 0 Å². The van der Waals surface area contributed by atoms with Crippen LogP contribution in [0.4, 0.5) is 0 Å². The van der Waals surface area contributed by atoms with Crippen LogP contribution in [-0.2, 0) is 47.6 Å². The Kier molecular flexibility index (Phi) is 10.7. The van der Waals surface area contributed by atoms with Gasteiger partial charge in [-0.15, -0.1) is 0 Å². The third-order valence-corrected chi connectivity index (χ3v) is 10.7. The summed E-state index contributed by atoms with van der Waals surface area (Å²) in [5, 5.41) is 12.7. The highest BCUT2D eigenvalue weighted by atomic mass is 16.6. The van der Waals surface area contributed by atoms with E-state index < -0.39 is 101 Å². The van der Waals surface area contributed by atoms with E-state index in [0.717, 1.165) is 0 Å². The van der Waals surface area contributed by atoms with E-state index in [0.29, 0.717) is 12.8 Å². The van der Waals surface area contributed by atoms with Crippen molar-refractivity contribution in [3.05, 3.63) is 35.9 Å². The van der Waals surface area contributed by atoms with Gasteiger partial charge in [-0.3, -0.25) is 19.2 Å². The first-order valence-electron chi connectivity index (χ1n) is 16.8. The molecule has 12 nitrogen and oxygen atoms in total. The first kappa shape index (κ1) is 37.3. The number of carbonyl (C=O) groups is 5. The van der Waals surface area contributed by atoms with E-state index in [4.69, 9.17) is 28.4 Å². The molecule has 1 saturated heterocycles. The number of rotatable bonds is 11. The molecule has 1 spiro atoms. The number of hydrogen-bond acceptors (Lipinski definition) is 12. The Bertz CT molecular complexity index is 1390. The fourth-order valence-electron chi connectivity index (χ4n) is 7.83. The van der Waals surface area contributed by atoms with Crippen LogP contribution in [-0.4, -0.2) is 82.8 Å². The van der Waals surface area contributed by atoms with Gasteiger partial charge in [-0.05, 0) is 52.2 Å². The molecular weight excluding hydrogens is 624 g/mol. The first-order chi connectivity index (χ1) is 22.4. The molecule has 0 unspecified atom stereocenters. The molecule has 48 heavy (non-hydrogen) atoms. The molecule has 12 heteroatoms. The summed E-state index contributed by atoms with van der Waals surface area (Å²) in [6.45, 7) is 13.8. The van der Waals surface area contributed by atoms with Crippen molar-refractivity contribution in [2.45, 2.75) is 129 Å². The second-order valence-corrected chi connectivity index (χ2v) is 14.3. The van der Waals surface area contributed by atoms with Gasteiger partial charge in [0.25, 0.3) is 0 Å². The van der Waals surface area contributed by atoms with E-state index in [9.17, 15) is 29.1 Å². The number of benzene rings is 1. The smallest absolute Gasteiger partial charge is 0.338 e. The van der Waals surface area contributed by atoms with Gasteiger partial charge in [-0.25, -0.2) is 4.79 Å². The fourth-order valence-corrected chi connectivity index (χ4v) is 7.83. The van der Waals surface area contributed by atoms with Crippen LogP contribution in [0.25, 0.3) is 0 Å². The molecule has 2 aliphatic carbocycles. The van der Waals surface area contributed by atoms with Crippen LogP contribution in [0.5, 0.6) is 0 Å². The Balaban J connectivity index is 2.07. The quantitative estimate of drug-likeness (QED) is 0.262. The molecule has 0 radical (unpaired) electrons. The first-order valence-corrected chi connectivity index (χ1v) is 16.8. The van der Waals surface area contributed by atoms with Gasteiger partial charge in [0, 0.05) is 26.2 Å². The van der Waals surface area contributed by atoms with Crippen molar-refractivity contribution in [1.82, 2.24) is 0 Å². The summed E-state index contributed by atoms with van der Waals surface area (Å²) in [6.07, 6.45) is -4.71. The van der Waals surface area contributed by atoms with E-state index in [2.05, 4.69) is 0 Å². The molecule has 1 aromatic carbocycles. The van der Waals surface area contributed by atoms with Crippen LogP contribution in [0.1, 0.15) is 98.4 Å². The molecule has 3 fully saturated rings. The van der Waals surface area contributed by atoms with Gasteiger partial charge in [0.2, 0.25) is 0 Å². The topological polar surface area (TPSA) is 161 Å². The molecule has 3 aliphatic rings. The third kappa shape index (κ3) is 6.33. The van der Waals surface area contributed by atoms with Crippen LogP contribution in [0.3, 0.4) is 0 Å². The molecular formula is C36H50O12. The SMILES string of the molecule is CC[C@@H](C)C(=O)O[C@@H]1C[C@](C)(O)[C@]23OC(C)(C)[C@H](C[C@H](OC(=O)c4ccccc4)[C@]2(COC(C)=O)[C@H]1OC(=O)[C@@H](C)CC)[C@H]3OC(C)=O. The van der Waals surface area contributed by atoms with Gasteiger partial charge in [-0.2, -0.15) is 0 Å². The van der Waals surface area contributed by atoms with E-state index >= 15 is 0 Å². The number of hydrogen-bond donors (Lipinski definition) is 1. The summed E-state index contributed by atoms with van der Waals surface area (Å²) >= 11 is 0. The molecule has 1 N–H and O–H groups in total. The Hall–Kier alpha value is -3.51.